The van der Waals surface area contributed by atoms with E-state index in [9.17, 15) is 4.79 Å². The van der Waals surface area contributed by atoms with Gasteiger partial charge in [0.15, 0.2) is 11.9 Å². The maximum Gasteiger partial charge on any atom is 0.266 e. The lowest BCUT2D eigenvalue weighted by atomic mass is 10.2. The summed E-state index contributed by atoms with van der Waals surface area (Å²) in [7, 11) is 0. The molecule has 6 heteroatoms. The minimum atomic E-state index is -0.646. The van der Waals surface area contributed by atoms with Crippen LogP contribution in [0.3, 0.4) is 0 Å². The number of carbonyl (C=O) groups is 1. The molecule has 5 nitrogen and oxygen atoms in total. The van der Waals surface area contributed by atoms with Crippen LogP contribution in [0.5, 0.6) is 5.75 Å². The van der Waals surface area contributed by atoms with Crippen LogP contribution < -0.4 is 10.1 Å². The van der Waals surface area contributed by atoms with E-state index in [-0.39, 0.29) is 5.91 Å². The number of halogens is 1. The van der Waals surface area contributed by atoms with Gasteiger partial charge in [0.25, 0.3) is 5.91 Å². The second-order valence-electron chi connectivity index (χ2n) is 4.26. The number of benzene rings is 1. The molecule has 1 N–H and O–H groups in total. The normalized spacial score (nSPS) is 11.9. The van der Waals surface area contributed by atoms with Crippen LogP contribution in [0.2, 0.25) is 5.02 Å². The highest BCUT2D eigenvalue weighted by molar-refractivity contribution is 6.32. The van der Waals surface area contributed by atoms with Crippen molar-refractivity contribution in [3.63, 3.8) is 0 Å². The highest BCUT2D eigenvalue weighted by atomic mass is 35.5. The molecule has 0 aliphatic heterocycles. The van der Waals surface area contributed by atoms with Gasteiger partial charge in [0.2, 0.25) is 0 Å². The van der Waals surface area contributed by atoms with Gasteiger partial charge >= 0.3 is 0 Å². The Morgan fingerprint density at radius 3 is 2.85 bits per heavy atom. The molecule has 0 saturated carbocycles. The summed E-state index contributed by atoms with van der Waals surface area (Å²) < 4.78 is 10.5. The van der Waals surface area contributed by atoms with E-state index in [1.807, 2.05) is 6.92 Å². The molecule has 106 valence electrons. The molecular formula is C14H15ClN2O3. The van der Waals surface area contributed by atoms with Gasteiger partial charge in [-0.1, -0.05) is 35.8 Å². The van der Waals surface area contributed by atoms with Gasteiger partial charge in [-0.15, -0.1) is 0 Å². The first-order valence-electron chi connectivity index (χ1n) is 6.25. The third kappa shape index (κ3) is 3.51. The van der Waals surface area contributed by atoms with Crippen LogP contribution in [-0.2, 0) is 4.79 Å². The summed E-state index contributed by atoms with van der Waals surface area (Å²) in [6.45, 7) is 3.61. The quantitative estimate of drug-likeness (QED) is 0.917. The Kier molecular flexibility index (Phi) is 4.63. The molecule has 1 atom stereocenters. The molecule has 0 fully saturated rings. The van der Waals surface area contributed by atoms with Crippen molar-refractivity contribution >= 4 is 23.3 Å². The third-order valence-electron chi connectivity index (χ3n) is 2.65. The Labute approximate surface area is 121 Å². The number of rotatable bonds is 5. The zero-order valence-electron chi connectivity index (χ0n) is 11.2. The van der Waals surface area contributed by atoms with Crippen molar-refractivity contribution in [2.45, 2.75) is 26.4 Å². The number of aryl methyl sites for hydroxylation is 1. The number of carbonyl (C=O) groups excluding carboxylic acids is 1. The summed E-state index contributed by atoms with van der Waals surface area (Å²) in [5.74, 6) is 1.18. The number of nitrogens with zero attached hydrogens (tertiary/aromatic N) is 1. The number of ether oxygens (including phenoxy) is 1. The largest absolute Gasteiger partial charge is 0.479 e. The van der Waals surface area contributed by atoms with Gasteiger partial charge in [0.05, 0.1) is 5.02 Å². The molecule has 0 bridgehead atoms. The van der Waals surface area contributed by atoms with Crippen LogP contribution in [-0.4, -0.2) is 17.2 Å². The fourth-order valence-electron chi connectivity index (χ4n) is 1.65. The maximum absolute atomic E-state index is 12.1. The number of hydrogen-bond acceptors (Lipinski definition) is 4. The van der Waals surface area contributed by atoms with E-state index in [4.69, 9.17) is 20.9 Å². The molecule has 0 aliphatic carbocycles. The van der Waals surface area contributed by atoms with Crippen molar-refractivity contribution in [1.82, 2.24) is 5.16 Å². The topological polar surface area (TPSA) is 64.4 Å². The molecule has 0 aliphatic rings. The number of hydrogen-bond donors (Lipinski definition) is 1. The minimum Gasteiger partial charge on any atom is -0.479 e. The van der Waals surface area contributed by atoms with Gasteiger partial charge < -0.3 is 14.6 Å². The van der Waals surface area contributed by atoms with E-state index in [2.05, 4.69) is 10.5 Å². The van der Waals surface area contributed by atoms with Crippen molar-refractivity contribution in [2.24, 2.45) is 0 Å². The predicted octanol–water partition coefficient (Wildman–Crippen LogP) is 3.43. The lowest BCUT2D eigenvalue weighted by Crippen LogP contribution is -2.32. The van der Waals surface area contributed by atoms with Crippen molar-refractivity contribution < 1.29 is 14.1 Å². The molecule has 1 aromatic heterocycles. The van der Waals surface area contributed by atoms with Crippen LogP contribution in [0.25, 0.3) is 0 Å². The molecule has 2 rings (SSSR count). The minimum absolute atomic E-state index is 0.291. The Morgan fingerprint density at radius 2 is 2.25 bits per heavy atom. The van der Waals surface area contributed by atoms with E-state index in [0.29, 0.717) is 28.8 Å². The highest BCUT2D eigenvalue weighted by Crippen LogP contribution is 2.25. The summed E-state index contributed by atoms with van der Waals surface area (Å²) >= 11 is 6.01. The number of para-hydroxylation sites is 1. The first-order chi connectivity index (χ1) is 9.60. The molecule has 20 heavy (non-hydrogen) atoms. The number of nitrogens with one attached hydrogen (secondary N) is 1. The first-order valence-corrected chi connectivity index (χ1v) is 6.63. The summed E-state index contributed by atoms with van der Waals surface area (Å²) in [5, 5.41) is 6.82. The van der Waals surface area contributed by atoms with Gasteiger partial charge in [0.1, 0.15) is 11.5 Å². The van der Waals surface area contributed by atoms with Crippen LogP contribution in [0, 0.1) is 6.92 Å². The first kappa shape index (κ1) is 14.4. The molecule has 0 spiro atoms. The molecule has 0 unspecified atom stereocenters. The molecule has 0 saturated heterocycles. The molecular weight excluding hydrogens is 280 g/mol. The third-order valence-corrected chi connectivity index (χ3v) is 2.96. The van der Waals surface area contributed by atoms with Gasteiger partial charge in [-0.3, -0.25) is 4.79 Å². The monoisotopic (exact) mass is 294 g/mol. The summed E-state index contributed by atoms with van der Waals surface area (Å²) in [5.41, 5.74) is 0. The fourth-order valence-corrected chi connectivity index (χ4v) is 1.83. The van der Waals surface area contributed by atoms with Gasteiger partial charge in [-0.2, -0.15) is 0 Å². The summed E-state index contributed by atoms with van der Waals surface area (Å²) in [6, 6.07) is 8.67. The Hall–Kier alpha value is -2.01. The fraction of sp³-hybridized carbons (Fsp3) is 0.286. The zero-order chi connectivity index (χ0) is 14.5. The smallest absolute Gasteiger partial charge is 0.266 e. The second kappa shape index (κ2) is 6.43. The van der Waals surface area contributed by atoms with Crippen molar-refractivity contribution in [1.29, 1.82) is 0 Å². The molecule has 0 radical (unpaired) electrons. The second-order valence-corrected chi connectivity index (χ2v) is 4.66. The Balaban J connectivity index is 2.04. The van der Waals surface area contributed by atoms with E-state index in [1.54, 1.807) is 37.3 Å². The van der Waals surface area contributed by atoms with Crippen LogP contribution in [0.15, 0.2) is 34.9 Å². The number of amides is 1. The summed E-state index contributed by atoms with van der Waals surface area (Å²) in [4.78, 5) is 12.1. The Bertz CT molecular complexity index is 598. The Morgan fingerprint density at radius 1 is 1.50 bits per heavy atom. The lowest BCUT2D eigenvalue weighted by molar-refractivity contribution is -0.122. The van der Waals surface area contributed by atoms with E-state index in [1.165, 1.54) is 0 Å². The standard InChI is InChI=1S/C14H15ClN2O3/c1-3-11(19-12-7-5-4-6-10(12)15)14(18)16-13-8-9(2)20-17-13/h4-8,11H,3H2,1-2H3,(H,16,17,18)/t11-/m0/s1. The van der Waals surface area contributed by atoms with Crippen molar-refractivity contribution in [3.05, 3.63) is 41.1 Å². The molecule has 2 aromatic rings. The van der Waals surface area contributed by atoms with Gasteiger partial charge in [0, 0.05) is 6.07 Å². The maximum atomic E-state index is 12.1. The van der Waals surface area contributed by atoms with Crippen LogP contribution in [0.4, 0.5) is 5.82 Å². The molecule has 1 heterocycles. The van der Waals surface area contributed by atoms with Crippen LogP contribution >= 0.6 is 11.6 Å². The van der Waals surface area contributed by atoms with E-state index in [0.717, 1.165) is 0 Å². The lowest BCUT2D eigenvalue weighted by Gasteiger charge is -2.17. The van der Waals surface area contributed by atoms with Crippen molar-refractivity contribution in [3.8, 4) is 5.75 Å². The van der Waals surface area contributed by atoms with E-state index >= 15 is 0 Å². The SMILES string of the molecule is CC[C@H](Oc1ccccc1Cl)C(=O)Nc1cc(C)on1. The highest BCUT2D eigenvalue weighted by Gasteiger charge is 2.20. The molecule has 1 aromatic carbocycles. The number of aromatic nitrogens is 1. The predicted molar refractivity (Wildman–Crippen MR) is 76.0 cm³/mol. The van der Waals surface area contributed by atoms with Crippen LogP contribution in [0.1, 0.15) is 19.1 Å². The van der Waals surface area contributed by atoms with Crippen molar-refractivity contribution in [2.75, 3.05) is 5.32 Å². The van der Waals surface area contributed by atoms with Gasteiger partial charge in [-0.25, -0.2) is 0 Å². The molecule has 1 amide bonds. The zero-order valence-corrected chi connectivity index (χ0v) is 12.0. The summed E-state index contributed by atoms with van der Waals surface area (Å²) in [6.07, 6.45) is -0.139. The number of anilines is 1. The average Bonchev–Trinajstić information content (AvgIpc) is 2.83. The van der Waals surface area contributed by atoms with E-state index < -0.39 is 6.10 Å². The van der Waals surface area contributed by atoms with Gasteiger partial charge in [-0.05, 0) is 25.5 Å². The average molecular weight is 295 g/mol.